The summed E-state index contributed by atoms with van der Waals surface area (Å²) >= 11 is 0. The summed E-state index contributed by atoms with van der Waals surface area (Å²) in [4.78, 5) is 2.56. The smallest absolute Gasteiger partial charge is 0.0719 e. The van der Waals surface area contributed by atoms with Gasteiger partial charge in [0.15, 0.2) is 0 Å². The molecule has 4 fully saturated rings. The van der Waals surface area contributed by atoms with Crippen LogP contribution in [0.3, 0.4) is 0 Å². The fourth-order valence-corrected chi connectivity index (χ4v) is 15.7. The van der Waals surface area contributed by atoms with Gasteiger partial charge in [0, 0.05) is 22.4 Å². The van der Waals surface area contributed by atoms with E-state index in [1.807, 2.05) is 0 Å². The molecule has 0 saturated heterocycles. The SMILES string of the molecule is c1ccc(-c2ccccc2N(c2cccc(-c3ccc4c(c3)C3(c5ccccc5-4)C4CC5CC(C4)CC3C5)c2)c2ccc3c(c2)C2(c4ccccc4CCc4ccccc42)c2ccccc2-3)cc1. The van der Waals surface area contributed by atoms with Crippen molar-refractivity contribution in [1.29, 1.82) is 0 Å². The van der Waals surface area contributed by atoms with Crippen LogP contribution in [-0.2, 0) is 23.7 Å². The summed E-state index contributed by atoms with van der Waals surface area (Å²) in [5.41, 5.74) is 25.4. The fourth-order valence-electron chi connectivity index (χ4n) is 15.7. The molecule has 16 rings (SSSR count). The van der Waals surface area contributed by atoms with E-state index in [-0.39, 0.29) is 5.41 Å². The number of benzene rings is 9. The molecule has 4 saturated carbocycles. The van der Waals surface area contributed by atoms with Crippen LogP contribution < -0.4 is 4.90 Å². The van der Waals surface area contributed by atoms with Gasteiger partial charge in [-0.3, -0.25) is 0 Å². The van der Waals surface area contributed by atoms with Crippen molar-refractivity contribution in [2.75, 3.05) is 4.90 Å². The van der Waals surface area contributed by atoms with E-state index in [9.17, 15) is 0 Å². The molecule has 0 unspecified atom stereocenters. The van der Waals surface area contributed by atoms with E-state index in [0.29, 0.717) is 0 Å². The number of fused-ring (bicyclic) bond motifs is 12. The quantitative estimate of drug-likeness (QED) is 0.167. The number of hydrogen-bond donors (Lipinski definition) is 0. The van der Waals surface area contributed by atoms with Crippen LogP contribution in [-0.4, -0.2) is 0 Å². The van der Waals surface area contributed by atoms with Crippen LogP contribution in [0.25, 0.3) is 44.5 Å². The molecular formula is C67H53N. The zero-order valence-electron chi connectivity index (χ0n) is 38.4. The Morgan fingerprint density at radius 2 is 0.838 bits per heavy atom. The number of rotatable bonds is 5. The summed E-state index contributed by atoms with van der Waals surface area (Å²) in [6, 6.07) is 81.7. The summed E-state index contributed by atoms with van der Waals surface area (Å²) < 4.78 is 0. The molecule has 1 heteroatoms. The van der Waals surface area contributed by atoms with Gasteiger partial charge in [-0.1, -0.05) is 176 Å². The Morgan fingerprint density at radius 3 is 1.56 bits per heavy atom. The molecule has 9 aromatic carbocycles. The van der Waals surface area contributed by atoms with E-state index in [2.05, 4.69) is 217 Å². The Bertz CT molecular complexity index is 3420. The van der Waals surface area contributed by atoms with Crippen LogP contribution in [0.1, 0.15) is 76.6 Å². The van der Waals surface area contributed by atoms with Crippen molar-refractivity contribution >= 4 is 17.1 Å². The van der Waals surface area contributed by atoms with Crippen molar-refractivity contribution < 1.29 is 0 Å². The van der Waals surface area contributed by atoms with Crippen LogP contribution in [0.15, 0.2) is 212 Å². The van der Waals surface area contributed by atoms with Gasteiger partial charge < -0.3 is 4.90 Å². The Kier molecular flexibility index (Phi) is 8.36. The predicted octanol–water partition coefficient (Wildman–Crippen LogP) is 16.7. The second kappa shape index (κ2) is 14.6. The highest BCUT2D eigenvalue weighted by molar-refractivity contribution is 5.94. The third-order valence-corrected chi connectivity index (χ3v) is 18.0. The maximum atomic E-state index is 2.65. The minimum Gasteiger partial charge on any atom is -0.310 e. The highest BCUT2D eigenvalue weighted by Gasteiger charge is 2.61. The highest BCUT2D eigenvalue weighted by atomic mass is 15.1. The Hall–Kier alpha value is -7.22. The van der Waals surface area contributed by atoms with Gasteiger partial charge in [-0.15, -0.1) is 0 Å². The lowest BCUT2D eigenvalue weighted by atomic mass is 9.43. The molecule has 1 nitrogen and oxygen atoms in total. The van der Waals surface area contributed by atoms with Gasteiger partial charge in [-0.05, 0) is 188 Å². The van der Waals surface area contributed by atoms with E-state index in [4.69, 9.17) is 0 Å². The second-order valence-corrected chi connectivity index (χ2v) is 21.1. The molecule has 2 spiro atoms. The normalized spacial score (nSPS) is 22.5. The Balaban J connectivity index is 0.944. The molecular weight excluding hydrogens is 819 g/mol. The van der Waals surface area contributed by atoms with Gasteiger partial charge in [0.25, 0.3) is 0 Å². The number of hydrogen-bond acceptors (Lipinski definition) is 1. The molecule has 0 N–H and O–H groups in total. The fraction of sp³-hybridized carbons (Fsp3) is 0.194. The lowest BCUT2D eigenvalue weighted by Gasteiger charge is -2.61. The number of aryl methyl sites for hydroxylation is 2. The molecule has 0 heterocycles. The van der Waals surface area contributed by atoms with Crippen molar-refractivity contribution in [3.05, 3.63) is 257 Å². The second-order valence-electron chi connectivity index (χ2n) is 21.1. The zero-order chi connectivity index (χ0) is 44.6. The number of nitrogens with zero attached hydrogens (tertiary/aromatic N) is 1. The van der Waals surface area contributed by atoms with Crippen LogP contribution in [0.4, 0.5) is 17.1 Å². The Labute approximate surface area is 400 Å². The third-order valence-electron chi connectivity index (χ3n) is 18.0. The van der Waals surface area contributed by atoms with Crippen LogP contribution in [0.5, 0.6) is 0 Å². The standard InChI is InChI=1S/C67H53N/c1-2-15-45(16-3-1)54-21-8-13-28-65(54)68(53-32-34-58-56-23-7-12-27-62(56)67(64(58)42-53)59-24-9-4-17-46(59)29-30-47-18-5-10-25-60(47)67)52-20-14-19-48(40-52)49-31-33-57-55-22-6-11-26-61(55)66(63(57)41-49)50-36-43-35-44(38-50)39-51(66)37-43/h1-28,31-34,40-44,50-51H,29-30,35-39H2. The maximum absolute atomic E-state index is 2.65. The zero-order valence-corrected chi connectivity index (χ0v) is 38.4. The van der Waals surface area contributed by atoms with Crippen molar-refractivity contribution in [2.24, 2.45) is 23.7 Å². The third kappa shape index (κ3) is 5.28. The van der Waals surface area contributed by atoms with E-state index < -0.39 is 5.41 Å². The largest absolute Gasteiger partial charge is 0.310 e. The molecule has 68 heavy (non-hydrogen) atoms. The summed E-state index contributed by atoms with van der Waals surface area (Å²) in [6.07, 6.45) is 9.07. The highest BCUT2D eigenvalue weighted by Crippen LogP contribution is 2.69. The molecule has 9 aromatic rings. The van der Waals surface area contributed by atoms with Crippen molar-refractivity contribution in [3.8, 4) is 44.5 Å². The van der Waals surface area contributed by atoms with Gasteiger partial charge in [-0.25, -0.2) is 0 Å². The lowest BCUT2D eigenvalue weighted by molar-refractivity contribution is -0.0399. The first-order valence-corrected chi connectivity index (χ1v) is 25.4. The minimum absolute atomic E-state index is 0.126. The van der Waals surface area contributed by atoms with Crippen molar-refractivity contribution in [2.45, 2.75) is 55.8 Å². The first-order chi connectivity index (χ1) is 33.7. The van der Waals surface area contributed by atoms with Gasteiger partial charge in [-0.2, -0.15) is 0 Å². The molecule has 0 aliphatic heterocycles. The van der Waals surface area contributed by atoms with Crippen LogP contribution in [0.2, 0.25) is 0 Å². The molecule has 7 aliphatic carbocycles. The summed E-state index contributed by atoms with van der Waals surface area (Å²) in [5, 5.41) is 0. The Morgan fingerprint density at radius 1 is 0.324 bits per heavy atom. The summed E-state index contributed by atoms with van der Waals surface area (Å²) in [6.45, 7) is 0. The van der Waals surface area contributed by atoms with Crippen LogP contribution >= 0.6 is 0 Å². The molecule has 0 radical (unpaired) electrons. The average Bonchev–Trinajstić information content (AvgIpc) is 3.79. The molecule has 0 aromatic heterocycles. The molecule has 0 amide bonds. The van der Waals surface area contributed by atoms with Crippen molar-refractivity contribution in [3.63, 3.8) is 0 Å². The monoisotopic (exact) mass is 871 g/mol. The van der Waals surface area contributed by atoms with Gasteiger partial charge in [0.2, 0.25) is 0 Å². The van der Waals surface area contributed by atoms with Crippen LogP contribution in [0, 0.1) is 23.7 Å². The van der Waals surface area contributed by atoms with E-state index in [1.165, 1.54) is 116 Å². The minimum atomic E-state index is -0.464. The first kappa shape index (κ1) is 38.8. The molecule has 0 atom stereocenters. The number of anilines is 3. The average molecular weight is 872 g/mol. The van der Waals surface area contributed by atoms with Crippen molar-refractivity contribution in [1.82, 2.24) is 0 Å². The van der Waals surface area contributed by atoms with E-state index in [1.54, 1.807) is 11.1 Å². The molecule has 4 bridgehead atoms. The topological polar surface area (TPSA) is 3.24 Å². The summed E-state index contributed by atoms with van der Waals surface area (Å²) in [5.74, 6) is 3.29. The number of para-hydroxylation sites is 1. The predicted molar refractivity (Wildman–Crippen MR) is 280 cm³/mol. The first-order valence-electron chi connectivity index (χ1n) is 25.4. The molecule has 326 valence electrons. The maximum Gasteiger partial charge on any atom is 0.0719 e. The van der Waals surface area contributed by atoms with Gasteiger partial charge in [0.05, 0.1) is 11.1 Å². The molecule has 7 aliphatic rings. The van der Waals surface area contributed by atoms with E-state index >= 15 is 0 Å². The van der Waals surface area contributed by atoms with Gasteiger partial charge in [0.1, 0.15) is 0 Å². The van der Waals surface area contributed by atoms with E-state index in [0.717, 1.165) is 47.9 Å². The lowest BCUT2D eigenvalue weighted by Crippen LogP contribution is -2.55. The van der Waals surface area contributed by atoms with Gasteiger partial charge >= 0.3 is 0 Å². The summed E-state index contributed by atoms with van der Waals surface area (Å²) in [7, 11) is 0.